The maximum absolute atomic E-state index is 5.73. The van der Waals surface area contributed by atoms with Gasteiger partial charge in [-0.25, -0.2) is 9.97 Å². The highest BCUT2D eigenvalue weighted by atomic mass is 16.5. The first-order valence-corrected chi connectivity index (χ1v) is 11.3. The number of anilines is 2. The molecule has 0 unspecified atom stereocenters. The molecule has 5 rings (SSSR count). The topological polar surface area (TPSA) is 63.5 Å². The van der Waals surface area contributed by atoms with Crippen molar-refractivity contribution in [2.75, 3.05) is 24.7 Å². The molecule has 1 spiro atoms. The molecule has 0 aliphatic carbocycles. The Hall–Kier alpha value is -3.12. The van der Waals surface area contributed by atoms with Crippen LogP contribution in [0.4, 0.5) is 11.4 Å². The van der Waals surface area contributed by atoms with Gasteiger partial charge in [-0.1, -0.05) is 6.08 Å². The van der Waals surface area contributed by atoms with Crippen LogP contribution in [0.5, 0.6) is 0 Å². The molecule has 0 bridgehead atoms. The molecule has 6 heteroatoms. The second-order valence-corrected chi connectivity index (χ2v) is 8.73. The van der Waals surface area contributed by atoms with E-state index in [4.69, 9.17) is 14.7 Å². The molecule has 5 heterocycles. The number of ether oxygens (including phenoxy) is 1. The minimum absolute atomic E-state index is 0.0106. The van der Waals surface area contributed by atoms with Crippen LogP contribution in [0.3, 0.4) is 0 Å². The molecule has 0 saturated carbocycles. The SMILES string of the molecule is CC=NC(=CC)c1nc2ncccc2c(N2CC3(CCOCC3)c3ncc(C)cc32)c1C. The van der Waals surface area contributed by atoms with Crippen molar-refractivity contribution in [3.05, 3.63) is 59.2 Å². The largest absolute Gasteiger partial charge is 0.381 e. The molecule has 164 valence electrons. The lowest BCUT2D eigenvalue weighted by molar-refractivity contribution is 0.0546. The van der Waals surface area contributed by atoms with Crippen molar-refractivity contribution in [1.82, 2.24) is 15.0 Å². The lowest BCUT2D eigenvalue weighted by Gasteiger charge is -2.34. The van der Waals surface area contributed by atoms with E-state index >= 15 is 0 Å². The second kappa shape index (κ2) is 8.10. The average molecular weight is 428 g/mol. The van der Waals surface area contributed by atoms with E-state index in [2.05, 4.69) is 40.9 Å². The van der Waals surface area contributed by atoms with E-state index in [9.17, 15) is 0 Å². The minimum Gasteiger partial charge on any atom is -0.381 e. The van der Waals surface area contributed by atoms with Crippen molar-refractivity contribution < 1.29 is 4.74 Å². The van der Waals surface area contributed by atoms with Gasteiger partial charge in [-0.3, -0.25) is 9.98 Å². The molecule has 1 fully saturated rings. The predicted molar refractivity (Wildman–Crippen MR) is 130 cm³/mol. The summed E-state index contributed by atoms with van der Waals surface area (Å²) in [6, 6.07) is 6.38. The Morgan fingerprint density at radius 3 is 2.75 bits per heavy atom. The highest BCUT2D eigenvalue weighted by molar-refractivity contribution is 5.97. The predicted octanol–water partition coefficient (Wildman–Crippen LogP) is 5.29. The number of allylic oxidation sites excluding steroid dienone is 1. The molecule has 32 heavy (non-hydrogen) atoms. The standard InChI is InChI=1S/C26H29N5O/c1-5-20(27-6-2)22-18(4)23(19-8-7-11-28-25(19)30-22)31-16-26(9-12-32-13-10-26)24-21(31)14-17(3)15-29-24/h5-8,11,14-15H,9-10,12-13,16H2,1-4H3. The number of aryl methyl sites for hydroxylation is 1. The number of fused-ring (bicyclic) bond motifs is 3. The number of hydrogen-bond acceptors (Lipinski definition) is 6. The monoisotopic (exact) mass is 427 g/mol. The quantitative estimate of drug-likeness (QED) is 0.531. The Morgan fingerprint density at radius 1 is 1.19 bits per heavy atom. The molecule has 0 amide bonds. The van der Waals surface area contributed by atoms with Crippen molar-refractivity contribution in [2.24, 2.45) is 4.99 Å². The number of aromatic nitrogens is 3. The van der Waals surface area contributed by atoms with Gasteiger partial charge >= 0.3 is 0 Å². The van der Waals surface area contributed by atoms with Gasteiger partial charge < -0.3 is 9.64 Å². The fourth-order valence-corrected chi connectivity index (χ4v) is 5.17. The van der Waals surface area contributed by atoms with Gasteiger partial charge in [-0.2, -0.15) is 0 Å². The van der Waals surface area contributed by atoms with Crippen molar-refractivity contribution in [3.63, 3.8) is 0 Å². The van der Waals surface area contributed by atoms with Gasteiger partial charge in [0.2, 0.25) is 0 Å². The summed E-state index contributed by atoms with van der Waals surface area (Å²) in [7, 11) is 0. The summed E-state index contributed by atoms with van der Waals surface area (Å²) >= 11 is 0. The van der Waals surface area contributed by atoms with Crippen LogP contribution in [0.15, 0.2) is 41.7 Å². The summed E-state index contributed by atoms with van der Waals surface area (Å²) in [6.07, 6.45) is 9.60. The molecule has 0 atom stereocenters. The molecule has 0 radical (unpaired) electrons. The Bertz CT molecular complexity index is 1240. The van der Waals surface area contributed by atoms with Gasteiger partial charge in [0, 0.05) is 54.7 Å². The van der Waals surface area contributed by atoms with E-state index in [0.717, 1.165) is 71.8 Å². The lowest BCUT2D eigenvalue weighted by Crippen LogP contribution is -2.38. The van der Waals surface area contributed by atoms with Crippen LogP contribution in [0.2, 0.25) is 0 Å². The van der Waals surface area contributed by atoms with Crippen molar-refractivity contribution >= 4 is 34.3 Å². The molecular weight excluding hydrogens is 398 g/mol. The zero-order valence-electron chi connectivity index (χ0n) is 19.2. The summed E-state index contributed by atoms with van der Waals surface area (Å²) in [5.41, 5.74) is 8.30. The first-order valence-electron chi connectivity index (χ1n) is 11.3. The van der Waals surface area contributed by atoms with Gasteiger partial charge in [0.15, 0.2) is 5.65 Å². The van der Waals surface area contributed by atoms with Crippen LogP contribution in [0.25, 0.3) is 16.7 Å². The highest BCUT2D eigenvalue weighted by Gasteiger charge is 2.46. The van der Waals surface area contributed by atoms with Gasteiger partial charge in [0.05, 0.1) is 28.5 Å². The van der Waals surface area contributed by atoms with Gasteiger partial charge in [-0.05, 0) is 64.3 Å². The van der Waals surface area contributed by atoms with Gasteiger partial charge in [0.1, 0.15) is 0 Å². The Kier molecular flexibility index (Phi) is 5.25. The maximum atomic E-state index is 5.73. The van der Waals surface area contributed by atoms with Crippen molar-refractivity contribution in [1.29, 1.82) is 0 Å². The minimum atomic E-state index is 0.0106. The van der Waals surface area contributed by atoms with E-state index in [-0.39, 0.29) is 5.41 Å². The molecule has 2 aliphatic heterocycles. The summed E-state index contributed by atoms with van der Waals surface area (Å²) < 4.78 is 5.73. The molecule has 2 aliphatic rings. The van der Waals surface area contributed by atoms with Crippen molar-refractivity contribution in [3.8, 4) is 0 Å². The molecule has 1 saturated heterocycles. The fraction of sp³-hybridized carbons (Fsp3) is 0.385. The third-order valence-corrected chi connectivity index (χ3v) is 6.73. The third kappa shape index (κ3) is 3.21. The van der Waals surface area contributed by atoms with Crippen LogP contribution in [0.1, 0.15) is 49.2 Å². The van der Waals surface area contributed by atoms with E-state index in [1.807, 2.05) is 38.4 Å². The molecular formula is C26H29N5O. The Labute approximate surface area is 189 Å². The van der Waals surface area contributed by atoms with E-state index < -0.39 is 0 Å². The van der Waals surface area contributed by atoms with Crippen LogP contribution < -0.4 is 4.90 Å². The normalized spacial score (nSPS) is 18.1. The van der Waals surface area contributed by atoms with Crippen LogP contribution >= 0.6 is 0 Å². The van der Waals surface area contributed by atoms with Crippen LogP contribution in [-0.4, -0.2) is 40.9 Å². The summed E-state index contributed by atoms with van der Waals surface area (Å²) in [5, 5.41) is 1.06. The number of rotatable bonds is 3. The Balaban J connectivity index is 1.78. The Morgan fingerprint density at radius 2 is 2.00 bits per heavy atom. The zero-order valence-corrected chi connectivity index (χ0v) is 19.2. The highest BCUT2D eigenvalue weighted by Crippen LogP contribution is 2.50. The van der Waals surface area contributed by atoms with Gasteiger partial charge in [-0.15, -0.1) is 0 Å². The van der Waals surface area contributed by atoms with Gasteiger partial charge in [0.25, 0.3) is 0 Å². The van der Waals surface area contributed by atoms with Crippen LogP contribution in [-0.2, 0) is 10.2 Å². The first kappa shape index (κ1) is 20.8. The zero-order chi connectivity index (χ0) is 22.3. The maximum Gasteiger partial charge on any atom is 0.161 e. The molecule has 3 aromatic heterocycles. The molecule has 0 N–H and O–H groups in total. The van der Waals surface area contributed by atoms with Crippen molar-refractivity contribution in [2.45, 2.75) is 46.0 Å². The molecule has 6 nitrogen and oxygen atoms in total. The summed E-state index contributed by atoms with van der Waals surface area (Å²) in [5.74, 6) is 0. The number of nitrogens with zero attached hydrogens (tertiary/aromatic N) is 5. The van der Waals surface area contributed by atoms with E-state index in [0.29, 0.717) is 0 Å². The van der Waals surface area contributed by atoms with E-state index in [1.54, 1.807) is 6.20 Å². The molecule has 3 aromatic rings. The average Bonchev–Trinajstić information content (AvgIpc) is 3.10. The smallest absolute Gasteiger partial charge is 0.161 e. The van der Waals surface area contributed by atoms with Crippen LogP contribution in [0, 0.1) is 13.8 Å². The molecule has 0 aromatic carbocycles. The summed E-state index contributed by atoms with van der Waals surface area (Å²) in [4.78, 5) is 21.5. The summed E-state index contributed by atoms with van der Waals surface area (Å²) in [6.45, 7) is 10.6. The number of pyridine rings is 3. The van der Waals surface area contributed by atoms with E-state index in [1.165, 1.54) is 11.4 Å². The fourth-order valence-electron chi connectivity index (χ4n) is 5.17. The lowest BCUT2D eigenvalue weighted by atomic mass is 9.78. The number of aliphatic imine (C=N–C) groups is 1. The third-order valence-electron chi connectivity index (χ3n) is 6.73. The first-order chi connectivity index (χ1) is 15.6. The number of hydrogen-bond donors (Lipinski definition) is 0. The second-order valence-electron chi connectivity index (χ2n) is 8.73.